The maximum Gasteiger partial charge on any atom is 0.387 e. The third-order valence-electron chi connectivity index (χ3n) is 2.89. The highest BCUT2D eigenvalue weighted by Crippen LogP contribution is 2.26. The standard InChI is InChI=1S/C16H13F3N2O3/c1-9(22)20-13-8-10(6-7-11(13)17)15(23)21-12-4-2-3-5-14(12)24-16(18)19/h2-8,16H,1H3,(H,20,22)(H,21,23). The molecule has 0 aliphatic rings. The highest BCUT2D eigenvalue weighted by Gasteiger charge is 2.14. The van der Waals surface area contributed by atoms with Gasteiger partial charge in [0.15, 0.2) is 0 Å². The molecule has 2 rings (SSSR count). The molecule has 24 heavy (non-hydrogen) atoms. The van der Waals surface area contributed by atoms with Crippen LogP contribution in [0.2, 0.25) is 0 Å². The third kappa shape index (κ3) is 4.48. The van der Waals surface area contributed by atoms with Gasteiger partial charge >= 0.3 is 6.61 Å². The van der Waals surface area contributed by atoms with Gasteiger partial charge < -0.3 is 15.4 Å². The van der Waals surface area contributed by atoms with Gasteiger partial charge in [0.2, 0.25) is 5.91 Å². The van der Waals surface area contributed by atoms with Gasteiger partial charge in [-0.05, 0) is 30.3 Å². The number of benzene rings is 2. The molecule has 2 N–H and O–H groups in total. The second-order valence-electron chi connectivity index (χ2n) is 4.70. The molecule has 0 bridgehead atoms. The van der Waals surface area contributed by atoms with Crippen LogP contribution in [-0.4, -0.2) is 18.4 Å². The normalized spacial score (nSPS) is 10.4. The number of amides is 2. The number of halogens is 3. The summed E-state index contributed by atoms with van der Waals surface area (Å²) in [5.41, 5.74) is -0.0903. The zero-order valence-corrected chi connectivity index (χ0v) is 12.5. The quantitative estimate of drug-likeness (QED) is 0.875. The van der Waals surface area contributed by atoms with E-state index in [0.29, 0.717) is 0 Å². The van der Waals surface area contributed by atoms with Crippen LogP contribution in [0.15, 0.2) is 42.5 Å². The van der Waals surface area contributed by atoms with Crippen LogP contribution in [-0.2, 0) is 4.79 Å². The predicted molar refractivity (Wildman–Crippen MR) is 81.7 cm³/mol. The smallest absolute Gasteiger partial charge is 0.387 e. The van der Waals surface area contributed by atoms with Crippen LogP contribution < -0.4 is 15.4 Å². The predicted octanol–water partition coefficient (Wildman–Crippen LogP) is 3.64. The Kier molecular flexibility index (Phi) is 5.41. The Morgan fingerprint density at radius 1 is 1.04 bits per heavy atom. The molecule has 0 atom stereocenters. The van der Waals surface area contributed by atoms with Gasteiger partial charge in [-0.15, -0.1) is 0 Å². The Morgan fingerprint density at radius 2 is 1.75 bits per heavy atom. The molecule has 0 saturated heterocycles. The SMILES string of the molecule is CC(=O)Nc1cc(C(=O)Nc2ccccc2OC(F)F)ccc1F. The van der Waals surface area contributed by atoms with Gasteiger partial charge in [0.1, 0.15) is 11.6 Å². The lowest BCUT2D eigenvalue weighted by molar-refractivity contribution is -0.114. The largest absolute Gasteiger partial charge is 0.433 e. The summed E-state index contributed by atoms with van der Waals surface area (Å²) in [5.74, 6) is -2.08. The van der Waals surface area contributed by atoms with Gasteiger partial charge in [-0.1, -0.05) is 12.1 Å². The van der Waals surface area contributed by atoms with Crippen LogP contribution in [0.1, 0.15) is 17.3 Å². The Balaban J connectivity index is 2.23. The van der Waals surface area contributed by atoms with Crippen LogP contribution in [0.25, 0.3) is 0 Å². The van der Waals surface area contributed by atoms with E-state index in [1.54, 1.807) is 0 Å². The summed E-state index contributed by atoms with van der Waals surface area (Å²) < 4.78 is 42.6. The maximum atomic E-state index is 13.6. The van der Waals surface area contributed by atoms with E-state index >= 15 is 0 Å². The Hall–Kier alpha value is -3.03. The summed E-state index contributed by atoms with van der Waals surface area (Å²) in [6, 6.07) is 9.02. The average Bonchev–Trinajstić information content (AvgIpc) is 2.50. The van der Waals surface area contributed by atoms with E-state index in [0.717, 1.165) is 12.1 Å². The van der Waals surface area contributed by atoms with E-state index in [1.165, 1.54) is 37.3 Å². The number of carbonyl (C=O) groups is 2. The molecule has 0 fully saturated rings. The zero-order valence-electron chi connectivity index (χ0n) is 12.5. The second kappa shape index (κ2) is 7.49. The number of para-hydroxylation sites is 2. The first kappa shape index (κ1) is 17.3. The fraction of sp³-hybridized carbons (Fsp3) is 0.125. The van der Waals surface area contributed by atoms with Crippen molar-refractivity contribution >= 4 is 23.2 Å². The van der Waals surface area contributed by atoms with E-state index in [2.05, 4.69) is 15.4 Å². The van der Waals surface area contributed by atoms with Gasteiger partial charge in [-0.25, -0.2) is 4.39 Å². The first-order valence-electron chi connectivity index (χ1n) is 6.79. The van der Waals surface area contributed by atoms with Crippen molar-refractivity contribution in [3.8, 4) is 5.75 Å². The monoisotopic (exact) mass is 338 g/mol. The number of alkyl halides is 2. The molecule has 0 aromatic heterocycles. The molecule has 8 heteroatoms. The van der Waals surface area contributed by atoms with Gasteiger partial charge in [0, 0.05) is 12.5 Å². The van der Waals surface area contributed by atoms with Crippen molar-refractivity contribution in [2.24, 2.45) is 0 Å². The summed E-state index contributed by atoms with van der Waals surface area (Å²) in [6.45, 7) is -1.84. The molecule has 0 heterocycles. The summed E-state index contributed by atoms with van der Waals surface area (Å²) in [7, 11) is 0. The summed E-state index contributed by atoms with van der Waals surface area (Å²) in [4.78, 5) is 23.2. The number of rotatable bonds is 5. The van der Waals surface area contributed by atoms with Crippen molar-refractivity contribution in [3.05, 3.63) is 53.8 Å². The van der Waals surface area contributed by atoms with E-state index in [-0.39, 0.29) is 22.7 Å². The molecule has 2 amide bonds. The van der Waals surface area contributed by atoms with Crippen molar-refractivity contribution in [1.29, 1.82) is 0 Å². The lowest BCUT2D eigenvalue weighted by atomic mass is 10.1. The van der Waals surface area contributed by atoms with Crippen LogP contribution >= 0.6 is 0 Å². The Labute approximate surface area is 135 Å². The number of hydrogen-bond donors (Lipinski definition) is 2. The fourth-order valence-electron chi connectivity index (χ4n) is 1.92. The number of ether oxygens (including phenoxy) is 1. The summed E-state index contributed by atoms with van der Waals surface area (Å²) in [6.07, 6.45) is 0. The molecule has 2 aromatic carbocycles. The van der Waals surface area contributed by atoms with Crippen molar-refractivity contribution in [2.75, 3.05) is 10.6 Å². The highest BCUT2D eigenvalue weighted by atomic mass is 19.3. The molecule has 0 saturated carbocycles. The van der Waals surface area contributed by atoms with Crippen LogP contribution in [0.4, 0.5) is 24.5 Å². The minimum Gasteiger partial charge on any atom is -0.433 e. The zero-order chi connectivity index (χ0) is 17.7. The number of anilines is 2. The van der Waals surface area contributed by atoms with Gasteiger partial charge in [0.25, 0.3) is 5.91 Å². The van der Waals surface area contributed by atoms with Crippen molar-refractivity contribution in [3.63, 3.8) is 0 Å². The molecule has 2 aromatic rings. The first-order valence-corrected chi connectivity index (χ1v) is 6.79. The van der Waals surface area contributed by atoms with Crippen LogP contribution in [0.5, 0.6) is 5.75 Å². The van der Waals surface area contributed by atoms with E-state index in [9.17, 15) is 22.8 Å². The Bertz CT molecular complexity index is 766. The topological polar surface area (TPSA) is 67.4 Å². The third-order valence-corrected chi connectivity index (χ3v) is 2.89. The molecule has 0 unspecified atom stereocenters. The first-order chi connectivity index (χ1) is 11.4. The minimum absolute atomic E-state index is 0.0343. The van der Waals surface area contributed by atoms with Crippen LogP contribution in [0.3, 0.4) is 0 Å². The summed E-state index contributed by atoms with van der Waals surface area (Å²) in [5, 5.41) is 4.65. The molecular formula is C16H13F3N2O3. The fourth-order valence-corrected chi connectivity index (χ4v) is 1.92. The minimum atomic E-state index is -3.04. The molecule has 0 radical (unpaired) electrons. The van der Waals surface area contributed by atoms with Crippen LogP contribution in [0, 0.1) is 5.82 Å². The summed E-state index contributed by atoms with van der Waals surface area (Å²) >= 11 is 0. The maximum absolute atomic E-state index is 13.6. The van der Waals surface area contributed by atoms with Crippen molar-refractivity contribution < 1.29 is 27.5 Å². The molecule has 0 spiro atoms. The highest BCUT2D eigenvalue weighted by molar-refractivity contribution is 6.06. The van der Waals surface area contributed by atoms with Crippen molar-refractivity contribution in [1.82, 2.24) is 0 Å². The molecular weight excluding hydrogens is 325 g/mol. The molecule has 5 nitrogen and oxygen atoms in total. The second-order valence-corrected chi connectivity index (χ2v) is 4.70. The van der Waals surface area contributed by atoms with E-state index in [1.807, 2.05) is 0 Å². The average molecular weight is 338 g/mol. The van der Waals surface area contributed by atoms with E-state index in [4.69, 9.17) is 0 Å². The number of carbonyl (C=O) groups excluding carboxylic acids is 2. The van der Waals surface area contributed by atoms with Gasteiger partial charge in [-0.2, -0.15) is 8.78 Å². The Morgan fingerprint density at radius 3 is 2.42 bits per heavy atom. The molecule has 126 valence electrons. The van der Waals surface area contributed by atoms with Gasteiger partial charge in [-0.3, -0.25) is 9.59 Å². The molecule has 0 aliphatic heterocycles. The lowest BCUT2D eigenvalue weighted by Gasteiger charge is -2.12. The van der Waals surface area contributed by atoms with E-state index < -0.39 is 24.2 Å². The number of nitrogens with one attached hydrogen (secondary N) is 2. The van der Waals surface area contributed by atoms with Gasteiger partial charge in [0.05, 0.1) is 11.4 Å². The lowest BCUT2D eigenvalue weighted by Crippen LogP contribution is -2.15. The van der Waals surface area contributed by atoms with Crippen molar-refractivity contribution in [2.45, 2.75) is 13.5 Å². The number of hydrogen-bond acceptors (Lipinski definition) is 3. The molecule has 0 aliphatic carbocycles.